The maximum Gasteiger partial charge on any atom is 0.000274 e. The van der Waals surface area contributed by atoms with Crippen molar-refractivity contribution in [1.82, 2.24) is 5.32 Å². The molecule has 1 N–H and O–H groups in total. The van der Waals surface area contributed by atoms with Crippen molar-refractivity contribution in [2.75, 3.05) is 13.1 Å². The molecule has 0 aliphatic carbocycles. The van der Waals surface area contributed by atoms with Crippen molar-refractivity contribution in [3.63, 3.8) is 0 Å². The van der Waals surface area contributed by atoms with E-state index in [0.29, 0.717) is 10.8 Å². The summed E-state index contributed by atoms with van der Waals surface area (Å²) in [6.45, 7) is 16.4. The van der Waals surface area contributed by atoms with Crippen LogP contribution in [-0.4, -0.2) is 13.1 Å². The van der Waals surface area contributed by atoms with Gasteiger partial charge in [-0.2, -0.15) is 0 Å². The van der Waals surface area contributed by atoms with Gasteiger partial charge in [0.1, 0.15) is 0 Å². The van der Waals surface area contributed by atoms with Gasteiger partial charge >= 0.3 is 0 Å². The molecular formula is C16H35N. The normalized spacial score (nSPS) is 13.1. The van der Waals surface area contributed by atoms with Gasteiger partial charge in [-0.3, -0.25) is 0 Å². The van der Waals surface area contributed by atoms with Crippen molar-refractivity contribution in [2.45, 2.75) is 80.1 Å². The van der Waals surface area contributed by atoms with E-state index in [2.05, 4.69) is 46.9 Å². The fraction of sp³-hybridized carbons (Fsp3) is 1.00. The van der Waals surface area contributed by atoms with Crippen molar-refractivity contribution in [3.05, 3.63) is 0 Å². The molecule has 0 fully saturated rings. The second-order valence-corrected chi connectivity index (χ2v) is 7.14. The van der Waals surface area contributed by atoms with Crippen molar-refractivity contribution in [3.8, 4) is 0 Å². The summed E-state index contributed by atoms with van der Waals surface area (Å²) in [7, 11) is 0. The molecule has 0 atom stereocenters. The van der Waals surface area contributed by atoms with Gasteiger partial charge < -0.3 is 5.32 Å². The highest BCUT2D eigenvalue weighted by Crippen LogP contribution is 2.25. The first kappa shape index (κ1) is 17.0. The minimum Gasteiger partial charge on any atom is -0.316 e. The number of hydrogen-bond acceptors (Lipinski definition) is 1. The van der Waals surface area contributed by atoms with E-state index in [1.165, 1.54) is 38.5 Å². The Labute approximate surface area is 110 Å². The molecule has 1 nitrogen and oxygen atoms in total. The Bertz CT molecular complexity index is 162. The lowest BCUT2D eigenvalue weighted by Crippen LogP contribution is -2.36. The van der Waals surface area contributed by atoms with Crippen LogP contribution < -0.4 is 5.32 Å². The highest BCUT2D eigenvalue weighted by atomic mass is 14.9. The summed E-state index contributed by atoms with van der Waals surface area (Å²) >= 11 is 0. The largest absolute Gasteiger partial charge is 0.316 e. The lowest BCUT2D eigenvalue weighted by Gasteiger charge is -2.30. The van der Waals surface area contributed by atoms with Gasteiger partial charge in [0.15, 0.2) is 0 Å². The summed E-state index contributed by atoms with van der Waals surface area (Å²) < 4.78 is 0. The Morgan fingerprint density at radius 2 is 1.06 bits per heavy atom. The van der Waals surface area contributed by atoms with Crippen LogP contribution in [0.15, 0.2) is 0 Å². The van der Waals surface area contributed by atoms with Crippen LogP contribution in [-0.2, 0) is 0 Å². The van der Waals surface area contributed by atoms with E-state index in [1.807, 2.05) is 0 Å². The third-order valence-corrected chi connectivity index (χ3v) is 3.62. The summed E-state index contributed by atoms with van der Waals surface area (Å²) in [5, 5.41) is 3.68. The van der Waals surface area contributed by atoms with Crippen LogP contribution >= 0.6 is 0 Å². The van der Waals surface area contributed by atoms with Crippen LogP contribution in [0.2, 0.25) is 0 Å². The average molecular weight is 241 g/mol. The van der Waals surface area contributed by atoms with Crippen LogP contribution in [0.1, 0.15) is 80.1 Å². The first-order valence-corrected chi connectivity index (χ1v) is 7.54. The standard InChI is InChI=1S/C16H35N/c1-7-9-11-15(3,4)13-17-14-16(5,6)12-10-8-2/h17H,7-14H2,1-6H3. The molecule has 1 heteroatoms. The van der Waals surface area contributed by atoms with Gasteiger partial charge in [0, 0.05) is 13.1 Å². The van der Waals surface area contributed by atoms with Gasteiger partial charge in [-0.1, -0.05) is 67.2 Å². The van der Waals surface area contributed by atoms with Crippen molar-refractivity contribution >= 4 is 0 Å². The molecule has 0 amide bonds. The minimum absolute atomic E-state index is 0.455. The SMILES string of the molecule is CCCCC(C)(C)CNCC(C)(C)CCCC. The van der Waals surface area contributed by atoms with Crippen LogP contribution in [0.4, 0.5) is 0 Å². The molecule has 0 radical (unpaired) electrons. The van der Waals surface area contributed by atoms with Gasteiger partial charge in [0.25, 0.3) is 0 Å². The molecule has 0 unspecified atom stereocenters. The molecular weight excluding hydrogens is 206 g/mol. The Morgan fingerprint density at radius 1 is 0.706 bits per heavy atom. The molecule has 0 rings (SSSR count). The van der Waals surface area contributed by atoms with E-state index in [4.69, 9.17) is 0 Å². The first-order chi connectivity index (χ1) is 7.83. The molecule has 0 saturated carbocycles. The second-order valence-electron chi connectivity index (χ2n) is 7.14. The molecule has 0 aromatic carbocycles. The molecule has 0 aliphatic rings. The van der Waals surface area contributed by atoms with Crippen LogP contribution in [0.5, 0.6) is 0 Å². The fourth-order valence-corrected chi connectivity index (χ4v) is 2.23. The first-order valence-electron chi connectivity index (χ1n) is 7.54. The van der Waals surface area contributed by atoms with Crippen LogP contribution in [0.3, 0.4) is 0 Å². The van der Waals surface area contributed by atoms with E-state index in [-0.39, 0.29) is 0 Å². The maximum atomic E-state index is 3.68. The van der Waals surface area contributed by atoms with Crippen molar-refractivity contribution in [2.24, 2.45) is 10.8 Å². The predicted octanol–water partition coefficient (Wildman–Crippen LogP) is 5.01. The molecule has 0 spiro atoms. The van der Waals surface area contributed by atoms with Crippen LogP contribution in [0.25, 0.3) is 0 Å². The average Bonchev–Trinajstić information content (AvgIpc) is 2.23. The minimum atomic E-state index is 0.455. The molecule has 0 bridgehead atoms. The molecule has 104 valence electrons. The second kappa shape index (κ2) is 8.13. The van der Waals surface area contributed by atoms with Crippen LogP contribution in [0, 0.1) is 10.8 Å². The summed E-state index contributed by atoms with van der Waals surface area (Å²) in [5.74, 6) is 0. The molecule has 0 aliphatic heterocycles. The Hall–Kier alpha value is -0.0400. The summed E-state index contributed by atoms with van der Waals surface area (Å²) in [6, 6.07) is 0. The van der Waals surface area contributed by atoms with Crippen molar-refractivity contribution in [1.29, 1.82) is 0 Å². The highest BCUT2D eigenvalue weighted by Gasteiger charge is 2.20. The predicted molar refractivity (Wildman–Crippen MR) is 79.5 cm³/mol. The van der Waals surface area contributed by atoms with Gasteiger partial charge in [-0.25, -0.2) is 0 Å². The Balaban J connectivity index is 3.80. The molecule has 0 heterocycles. The Kier molecular flexibility index (Phi) is 8.11. The quantitative estimate of drug-likeness (QED) is 0.567. The zero-order valence-corrected chi connectivity index (χ0v) is 13.2. The van der Waals surface area contributed by atoms with E-state index >= 15 is 0 Å². The summed E-state index contributed by atoms with van der Waals surface area (Å²) in [6.07, 6.45) is 8.01. The van der Waals surface area contributed by atoms with Gasteiger partial charge in [-0.15, -0.1) is 0 Å². The highest BCUT2D eigenvalue weighted by molar-refractivity contribution is 4.76. The third-order valence-electron chi connectivity index (χ3n) is 3.62. The molecule has 0 saturated heterocycles. The maximum absolute atomic E-state index is 3.68. The number of unbranched alkanes of at least 4 members (excludes halogenated alkanes) is 2. The lowest BCUT2D eigenvalue weighted by molar-refractivity contribution is 0.256. The number of hydrogen-bond donors (Lipinski definition) is 1. The van der Waals surface area contributed by atoms with E-state index in [1.54, 1.807) is 0 Å². The molecule has 0 aromatic heterocycles. The zero-order chi connectivity index (χ0) is 13.4. The molecule has 0 aromatic rings. The van der Waals surface area contributed by atoms with E-state index in [9.17, 15) is 0 Å². The third kappa shape index (κ3) is 9.64. The monoisotopic (exact) mass is 241 g/mol. The summed E-state index contributed by atoms with van der Waals surface area (Å²) in [5.41, 5.74) is 0.910. The van der Waals surface area contributed by atoms with E-state index in [0.717, 1.165) is 13.1 Å². The molecule has 17 heavy (non-hydrogen) atoms. The van der Waals surface area contributed by atoms with Crippen molar-refractivity contribution < 1.29 is 0 Å². The fourth-order valence-electron chi connectivity index (χ4n) is 2.23. The zero-order valence-electron chi connectivity index (χ0n) is 13.2. The van der Waals surface area contributed by atoms with Gasteiger partial charge in [-0.05, 0) is 23.7 Å². The number of nitrogens with one attached hydrogen (secondary N) is 1. The Morgan fingerprint density at radius 3 is 1.35 bits per heavy atom. The lowest BCUT2D eigenvalue weighted by atomic mass is 9.85. The van der Waals surface area contributed by atoms with E-state index < -0.39 is 0 Å². The smallest absolute Gasteiger partial charge is 0.000274 e. The summed E-state index contributed by atoms with van der Waals surface area (Å²) in [4.78, 5) is 0. The topological polar surface area (TPSA) is 12.0 Å². The van der Waals surface area contributed by atoms with Gasteiger partial charge in [0.05, 0.1) is 0 Å². The number of rotatable bonds is 10. The van der Waals surface area contributed by atoms with Gasteiger partial charge in [0.2, 0.25) is 0 Å².